The van der Waals surface area contributed by atoms with Gasteiger partial charge in [0.25, 0.3) is 0 Å². The number of nitrogens with one attached hydrogen (secondary N) is 2. The highest BCUT2D eigenvalue weighted by atomic mass is 16.4. The molecule has 1 unspecified atom stereocenters. The molecule has 2 amide bonds. The third-order valence-corrected chi connectivity index (χ3v) is 3.48. The Hall–Kier alpha value is -1.26. The van der Waals surface area contributed by atoms with Crippen LogP contribution in [0.1, 0.15) is 60.3 Å². The van der Waals surface area contributed by atoms with Crippen molar-refractivity contribution in [3.8, 4) is 0 Å². The minimum atomic E-state index is -1.01. The van der Waals surface area contributed by atoms with Crippen LogP contribution in [0.25, 0.3) is 0 Å². The molecule has 0 aromatic heterocycles. The van der Waals surface area contributed by atoms with Crippen molar-refractivity contribution >= 4 is 12.0 Å². The van der Waals surface area contributed by atoms with Gasteiger partial charge in [-0.1, -0.05) is 53.9 Å². The number of carbonyl (C=O) groups excluding carboxylic acids is 1. The molecule has 0 fully saturated rings. The second kappa shape index (κ2) is 8.82. The lowest BCUT2D eigenvalue weighted by atomic mass is 9.87. The number of carboxylic acid groups (broad SMARTS) is 1. The number of hydrogen-bond acceptors (Lipinski definition) is 2. The second-order valence-electron chi connectivity index (χ2n) is 6.41. The number of urea groups is 1. The zero-order valence-corrected chi connectivity index (χ0v) is 13.5. The van der Waals surface area contributed by atoms with Crippen molar-refractivity contribution in [1.82, 2.24) is 10.6 Å². The van der Waals surface area contributed by atoms with E-state index < -0.39 is 23.5 Å². The summed E-state index contributed by atoms with van der Waals surface area (Å²) in [6, 6.07) is -1.29. The molecule has 5 heteroatoms. The highest BCUT2D eigenvalue weighted by Gasteiger charge is 2.32. The first-order valence-corrected chi connectivity index (χ1v) is 7.49. The van der Waals surface area contributed by atoms with Gasteiger partial charge >= 0.3 is 12.0 Å². The molecule has 0 radical (unpaired) electrons. The molecule has 0 spiro atoms. The first kappa shape index (κ1) is 18.7. The molecule has 0 saturated heterocycles. The molecule has 0 aromatic carbocycles. The van der Waals surface area contributed by atoms with E-state index in [0.29, 0.717) is 12.5 Å². The molecule has 0 heterocycles. The maximum Gasteiger partial charge on any atom is 0.326 e. The summed E-state index contributed by atoms with van der Waals surface area (Å²) < 4.78 is 0. The first-order chi connectivity index (χ1) is 9.22. The average molecular weight is 286 g/mol. The molecule has 3 N–H and O–H groups in total. The predicted molar refractivity (Wildman–Crippen MR) is 80.7 cm³/mol. The third kappa shape index (κ3) is 7.36. The van der Waals surface area contributed by atoms with Gasteiger partial charge in [0.05, 0.1) is 0 Å². The Morgan fingerprint density at radius 1 is 1.20 bits per heavy atom. The summed E-state index contributed by atoms with van der Waals surface area (Å²) in [4.78, 5) is 23.0. The van der Waals surface area contributed by atoms with Crippen LogP contribution < -0.4 is 10.6 Å². The summed E-state index contributed by atoms with van der Waals surface area (Å²) in [6.45, 7) is 10.2. The normalized spacial score (nSPS) is 14.4. The number of carbonyl (C=O) groups is 2. The average Bonchev–Trinajstić information content (AvgIpc) is 2.34. The zero-order chi connectivity index (χ0) is 15.8. The molecule has 0 aliphatic rings. The summed E-state index contributed by atoms with van der Waals surface area (Å²) in [6.07, 6.45) is 4.41. The quantitative estimate of drug-likeness (QED) is 0.642. The number of amides is 2. The van der Waals surface area contributed by atoms with E-state index in [-0.39, 0.29) is 0 Å². The molecule has 0 saturated carbocycles. The molecule has 0 aromatic rings. The summed E-state index contributed by atoms with van der Waals surface area (Å²) in [5, 5.41) is 14.5. The van der Waals surface area contributed by atoms with Gasteiger partial charge in [-0.05, 0) is 17.8 Å². The number of hydrogen-bond donors (Lipinski definition) is 3. The Morgan fingerprint density at radius 2 is 1.80 bits per heavy atom. The molecule has 0 aliphatic heterocycles. The van der Waals surface area contributed by atoms with Gasteiger partial charge in [0.2, 0.25) is 0 Å². The van der Waals surface area contributed by atoms with E-state index in [0.717, 1.165) is 25.7 Å². The predicted octanol–water partition coefficient (Wildman–Crippen LogP) is 3.00. The van der Waals surface area contributed by atoms with E-state index in [1.807, 2.05) is 0 Å². The van der Waals surface area contributed by atoms with E-state index in [2.05, 4.69) is 24.5 Å². The number of aliphatic carboxylic acids is 1. The van der Waals surface area contributed by atoms with Crippen molar-refractivity contribution in [3.05, 3.63) is 0 Å². The van der Waals surface area contributed by atoms with Crippen molar-refractivity contribution in [2.24, 2.45) is 11.3 Å². The second-order valence-corrected chi connectivity index (χ2v) is 6.41. The van der Waals surface area contributed by atoms with E-state index in [1.54, 1.807) is 20.8 Å². The van der Waals surface area contributed by atoms with Crippen LogP contribution in [0.5, 0.6) is 0 Å². The minimum absolute atomic E-state index is 0.401. The van der Waals surface area contributed by atoms with Gasteiger partial charge in [0.15, 0.2) is 0 Å². The molecule has 0 bridgehead atoms. The summed E-state index contributed by atoms with van der Waals surface area (Å²) in [5.41, 5.74) is -0.518. The van der Waals surface area contributed by atoms with Crippen LogP contribution >= 0.6 is 0 Å². The van der Waals surface area contributed by atoms with Crippen molar-refractivity contribution in [3.63, 3.8) is 0 Å². The lowest BCUT2D eigenvalue weighted by Gasteiger charge is -2.28. The molecule has 118 valence electrons. The number of unbranched alkanes of at least 4 members (excludes halogenated alkanes) is 1. The largest absolute Gasteiger partial charge is 0.480 e. The lowest BCUT2D eigenvalue weighted by molar-refractivity contribution is -0.141. The fraction of sp³-hybridized carbons (Fsp3) is 0.867. The van der Waals surface area contributed by atoms with E-state index in [4.69, 9.17) is 5.11 Å². The summed E-state index contributed by atoms with van der Waals surface area (Å²) >= 11 is 0. The van der Waals surface area contributed by atoms with E-state index in [1.165, 1.54) is 0 Å². The highest BCUT2D eigenvalue weighted by molar-refractivity contribution is 5.83. The smallest absolute Gasteiger partial charge is 0.326 e. The van der Waals surface area contributed by atoms with Gasteiger partial charge in [-0.3, -0.25) is 0 Å². The van der Waals surface area contributed by atoms with Crippen LogP contribution in [0.4, 0.5) is 4.79 Å². The van der Waals surface area contributed by atoms with E-state index >= 15 is 0 Å². The summed E-state index contributed by atoms with van der Waals surface area (Å²) in [7, 11) is 0. The topological polar surface area (TPSA) is 78.4 Å². The summed E-state index contributed by atoms with van der Waals surface area (Å²) in [5.74, 6) is -0.552. The van der Waals surface area contributed by atoms with Crippen molar-refractivity contribution in [1.29, 1.82) is 0 Å². The van der Waals surface area contributed by atoms with Crippen molar-refractivity contribution < 1.29 is 14.7 Å². The Labute approximate surface area is 122 Å². The van der Waals surface area contributed by atoms with Crippen molar-refractivity contribution in [2.75, 3.05) is 6.54 Å². The minimum Gasteiger partial charge on any atom is -0.480 e. The highest BCUT2D eigenvalue weighted by Crippen LogP contribution is 2.19. The Balaban J connectivity index is 4.29. The van der Waals surface area contributed by atoms with Crippen LogP contribution in [0, 0.1) is 11.3 Å². The monoisotopic (exact) mass is 286 g/mol. The Kier molecular flexibility index (Phi) is 8.26. The fourth-order valence-electron chi connectivity index (χ4n) is 2.01. The molecule has 0 rings (SSSR count). The van der Waals surface area contributed by atoms with Crippen LogP contribution in [0.3, 0.4) is 0 Å². The molecule has 5 nitrogen and oxygen atoms in total. The first-order valence-electron chi connectivity index (χ1n) is 7.49. The number of carboxylic acids is 1. The number of rotatable bonds is 8. The van der Waals surface area contributed by atoms with Crippen LogP contribution in [0.15, 0.2) is 0 Å². The molecule has 0 aliphatic carbocycles. The van der Waals surface area contributed by atoms with Crippen molar-refractivity contribution in [2.45, 2.75) is 66.3 Å². The maximum absolute atomic E-state index is 11.8. The van der Waals surface area contributed by atoms with E-state index in [9.17, 15) is 9.59 Å². The van der Waals surface area contributed by atoms with Gasteiger partial charge in [-0.2, -0.15) is 0 Å². The van der Waals surface area contributed by atoms with Gasteiger partial charge in [0, 0.05) is 6.54 Å². The Morgan fingerprint density at radius 3 is 2.20 bits per heavy atom. The maximum atomic E-state index is 11.8. The molecular weight excluding hydrogens is 256 g/mol. The third-order valence-electron chi connectivity index (χ3n) is 3.48. The fourth-order valence-corrected chi connectivity index (χ4v) is 2.01. The zero-order valence-electron chi connectivity index (χ0n) is 13.5. The van der Waals surface area contributed by atoms with Crippen LogP contribution in [-0.2, 0) is 4.79 Å². The standard InChI is InChI=1S/C15H30N2O3/c1-6-8-9-11(7-2)10-16-14(20)17-12(13(18)19)15(3,4)5/h11-12H,6-10H2,1-5H3,(H,18,19)(H2,16,17,20)/t11?,12-/m1/s1. The van der Waals surface area contributed by atoms with Crippen LogP contribution in [-0.4, -0.2) is 29.7 Å². The van der Waals surface area contributed by atoms with Gasteiger partial charge < -0.3 is 15.7 Å². The van der Waals surface area contributed by atoms with Gasteiger partial charge in [0.1, 0.15) is 6.04 Å². The lowest BCUT2D eigenvalue weighted by Crippen LogP contribution is -2.52. The Bertz CT molecular complexity index is 311. The SMILES string of the molecule is CCCCC(CC)CNC(=O)N[C@H](C(=O)O)C(C)(C)C. The van der Waals surface area contributed by atoms with Gasteiger partial charge in [-0.25, -0.2) is 9.59 Å². The molecule has 2 atom stereocenters. The van der Waals surface area contributed by atoms with Crippen LogP contribution in [0.2, 0.25) is 0 Å². The molecule has 20 heavy (non-hydrogen) atoms. The molecular formula is C15H30N2O3. The van der Waals surface area contributed by atoms with Gasteiger partial charge in [-0.15, -0.1) is 0 Å².